The molecular formula is C26H30F2N2O2S. The van der Waals surface area contributed by atoms with E-state index >= 15 is 0 Å². The molecule has 1 saturated heterocycles. The maximum Gasteiger partial charge on any atom is 0.410 e. The molecule has 5 rings (SSSR count). The number of halogens is 2. The summed E-state index contributed by atoms with van der Waals surface area (Å²) in [5, 5.41) is 0. The van der Waals surface area contributed by atoms with Gasteiger partial charge in [-0.05, 0) is 69.0 Å². The van der Waals surface area contributed by atoms with Crippen molar-refractivity contribution in [2.24, 2.45) is 0 Å². The maximum absolute atomic E-state index is 14.7. The lowest BCUT2D eigenvalue weighted by molar-refractivity contribution is 0.0138. The average Bonchev–Trinajstić information content (AvgIpc) is 3.04. The van der Waals surface area contributed by atoms with Crippen LogP contribution >= 0.6 is 11.8 Å². The van der Waals surface area contributed by atoms with Crippen LogP contribution in [0.25, 0.3) is 11.1 Å². The number of anilines is 1. The first-order valence-corrected chi connectivity index (χ1v) is 12.6. The summed E-state index contributed by atoms with van der Waals surface area (Å²) in [5.41, 5.74) is 2.21. The molecule has 1 amide bonds. The minimum Gasteiger partial charge on any atom is -0.444 e. The minimum absolute atomic E-state index is 0.0167. The zero-order chi connectivity index (χ0) is 23.5. The van der Waals surface area contributed by atoms with Crippen LogP contribution in [0.4, 0.5) is 19.3 Å². The number of fused-ring (bicyclic) bond motifs is 3. The second-order valence-corrected chi connectivity index (χ2v) is 11.3. The number of carbonyl (C=O) groups excluding carboxylic acids is 1. The Labute approximate surface area is 198 Å². The van der Waals surface area contributed by atoms with E-state index in [1.807, 2.05) is 32.9 Å². The Morgan fingerprint density at radius 1 is 1.21 bits per heavy atom. The molecule has 7 heteroatoms. The second kappa shape index (κ2) is 7.90. The zero-order valence-corrected chi connectivity index (χ0v) is 20.4. The van der Waals surface area contributed by atoms with E-state index < -0.39 is 17.2 Å². The van der Waals surface area contributed by atoms with Crippen LogP contribution in [0.15, 0.2) is 35.2 Å². The van der Waals surface area contributed by atoms with Gasteiger partial charge in [0.25, 0.3) is 0 Å². The van der Waals surface area contributed by atoms with Gasteiger partial charge in [-0.15, -0.1) is 11.8 Å². The molecule has 176 valence electrons. The molecule has 2 aromatic rings. The normalized spacial score (nSPS) is 23.9. The van der Waals surface area contributed by atoms with Crippen LogP contribution in [0.2, 0.25) is 0 Å². The van der Waals surface area contributed by atoms with E-state index in [1.165, 1.54) is 23.9 Å². The van der Waals surface area contributed by atoms with Gasteiger partial charge in [0, 0.05) is 36.2 Å². The van der Waals surface area contributed by atoms with Gasteiger partial charge in [0.15, 0.2) is 0 Å². The van der Waals surface area contributed by atoms with Crippen molar-refractivity contribution in [1.29, 1.82) is 0 Å². The highest BCUT2D eigenvalue weighted by Crippen LogP contribution is 2.58. The van der Waals surface area contributed by atoms with E-state index in [2.05, 4.69) is 11.8 Å². The van der Waals surface area contributed by atoms with E-state index in [4.69, 9.17) is 4.74 Å². The molecule has 1 fully saturated rings. The third-order valence-corrected chi connectivity index (χ3v) is 8.25. The van der Waals surface area contributed by atoms with Crippen LogP contribution < -0.4 is 4.90 Å². The van der Waals surface area contributed by atoms with Crippen molar-refractivity contribution < 1.29 is 18.3 Å². The number of nitrogens with zero attached hydrogens (tertiary/aromatic N) is 2. The number of hydrogen-bond acceptors (Lipinski definition) is 4. The number of hydrogen-bond donors (Lipinski definition) is 0. The molecule has 0 N–H and O–H groups in total. The summed E-state index contributed by atoms with van der Waals surface area (Å²) < 4.78 is 35.0. The van der Waals surface area contributed by atoms with E-state index in [9.17, 15) is 13.6 Å². The van der Waals surface area contributed by atoms with Crippen LogP contribution in [-0.4, -0.2) is 47.5 Å². The van der Waals surface area contributed by atoms with Gasteiger partial charge in [-0.3, -0.25) is 0 Å². The lowest BCUT2D eigenvalue weighted by atomic mass is 9.74. The molecule has 0 saturated carbocycles. The van der Waals surface area contributed by atoms with Crippen LogP contribution in [0.1, 0.15) is 52.0 Å². The van der Waals surface area contributed by atoms with Gasteiger partial charge >= 0.3 is 6.09 Å². The highest BCUT2D eigenvalue weighted by Gasteiger charge is 2.55. The molecule has 33 heavy (non-hydrogen) atoms. The highest BCUT2D eigenvalue weighted by atomic mass is 32.2. The van der Waals surface area contributed by atoms with Crippen molar-refractivity contribution in [2.75, 3.05) is 30.3 Å². The average molecular weight is 473 g/mol. The van der Waals surface area contributed by atoms with Gasteiger partial charge in [0.2, 0.25) is 0 Å². The molecule has 2 atom stereocenters. The quantitative estimate of drug-likeness (QED) is 0.504. The van der Waals surface area contributed by atoms with Gasteiger partial charge in [-0.2, -0.15) is 0 Å². The molecule has 0 spiro atoms. The van der Waals surface area contributed by atoms with E-state index in [0.717, 1.165) is 35.6 Å². The standard InChI is InChI=1S/C26H30F2N2O2S/c1-5-26-9-10-29(24(31)32-25(2,3)4)15-18(26)17-13-16(22-19(27)7-6-8-20(22)28)14-21-23(17)30(26)11-12-33-21/h6-8,13-14,18H,5,9-12,15H2,1-4H3. The number of benzene rings is 2. The molecular weight excluding hydrogens is 442 g/mol. The zero-order valence-electron chi connectivity index (χ0n) is 19.6. The molecule has 0 bridgehead atoms. The highest BCUT2D eigenvalue weighted by molar-refractivity contribution is 7.99. The second-order valence-electron chi connectivity index (χ2n) is 10.2. The lowest BCUT2D eigenvalue weighted by Crippen LogP contribution is -2.58. The van der Waals surface area contributed by atoms with E-state index in [0.29, 0.717) is 18.7 Å². The Hall–Kier alpha value is -2.28. The molecule has 3 heterocycles. The Balaban J connectivity index is 1.61. The van der Waals surface area contributed by atoms with Crippen molar-refractivity contribution in [3.63, 3.8) is 0 Å². The fraction of sp³-hybridized carbons (Fsp3) is 0.500. The predicted molar refractivity (Wildman–Crippen MR) is 128 cm³/mol. The summed E-state index contributed by atoms with van der Waals surface area (Å²) in [5.74, 6) is -0.122. The predicted octanol–water partition coefficient (Wildman–Crippen LogP) is 6.43. The summed E-state index contributed by atoms with van der Waals surface area (Å²) in [6.45, 7) is 9.95. The van der Waals surface area contributed by atoms with Gasteiger partial charge in [0.05, 0.1) is 16.8 Å². The van der Waals surface area contributed by atoms with Crippen molar-refractivity contribution in [1.82, 2.24) is 4.90 Å². The van der Waals surface area contributed by atoms with Gasteiger partial charge in [0.1, 0.15) is 17.2 Å². The first kappa shape index (κ1) is 22.5. The molecule has 3 aliphatic heterocycles. The SMILES string of the molecule is CCC12CCN(C(=O)OC(C)(C)C)CC1c1cc(-c3c(F)cccc3F)cc3c1N2CCS3. The third kappa shape index (κ3) is 3.59. The molecule has 4 nitrogen and oxygen atoms in total. The lowest BCUT2D eigenvalue weighted by Gasteiger charge is -2.50. The van der Waals surface area contributed by atoms with Gasteiger partial charge in [-0.25, -0.2) is 13.6 Å². The summed E-state index contributed by atoms with van der Waals surface area (Å²) in [6, 6.07) is 7.89. The molecule has 0 aliphatic carbocycles. The number of carbonyl (C=O) groups is 1. The first-order chi connectivity index (χ1) is 15.6. The third-order valence-electron chi connectivity index (χ3n) is 7.24. The van der Waals surface area contributed by atoms with Crippen molar-refractivity contribution in [3.05, 3.63) is 47.5 Å². The number of thioether (sulfide) groups is 1. The summed E-state index contributed by atoms with van der Waals surface area (Å²) >= 11 is 1.74. The summed E-state index contributed by atoms with van der Waals surface area (Å²) in [4.78, 5) is 18.3. The van der Waals surface area contributed by atoms with E-state index in [1.54, 1.807) is 16.7 Å². The first-order valence-electron chi connectivity index (χ1n) is 11.7. The molecule has 2 unspecified atom stereocenters. The topological polar surface area (TPSA) is 32.8 Å². The molecule has 0 aromatic heterocycles. The minimum atomic E-state index is -0.557. The van der Waals surface area contributed by atoms with E-state index in [-0.39, 0.29) is 23.1 Å². The van der Waals surface area contributed by atoms with Crippen LogP contribution in [-0.2, 0) is 4.74 Å². The molecule has 3 aliphatic rings. The Morgan fingerprint density at radius 2 is 1.94 bits per heavy atom. The molecule has 2 aromatic carbocycles. The maximum atomic E-state index is 14.7. The fourth-order valence-electron chi connectivity index (χ4n) is 5.82. The summed E-state index contributed by atoms with van der Waals surface area (Å²) in [7, 11) is 0. The van der Waals surface area contributed by atoms with Gasteiger partial charge in [-0.1, -0.05) is 13.0 Å². The summed E-state index contributed by atoms with van der Waals surface area (Å²) in [6.07, 6.45) is 1.49. The number of amides is 1. The van der Waals surface area contributed by atoms with Gasteiger partial charge < -0.3 is 14.5 Å². The van der Waals surface area contributed by atoms with Crippen molar-refractivity contribution in [3.8, 4) is 11.1 Å². The number of ether oxygens (including phenoxy) is 1. The Bertz CT molecular complexity index is 1100. The number of rotatable bonds is 2. The smallest absolute Gasteiger partial charge is 0.410 e. The largest absolute Gasteiger partial charge is 0.444 e. The Kier molecular flexibility index (Phi) is 5.39. The van der Waals surface area contributed by atoms with Crippen LogP contribution in [0, 0.1) is 11.6 Å². The monoisotopic (exact) mass is 472 g/mol. The van der Waals surface area contributed by atoms with Crippen LogP contribution in [0.3, 0.4) is 0 Å². The fourth-order valence-corrected chi connectivity index (χ4v) is 6.89. The molecule has 0 radical (unpaired) electrons. The Morgan fingerprint density at radius 3 is 2.61 bits per heavy atom. The number of piperidine rings is 1. The number of likely N-dealkylation sites (tertiary alicyclic amines) is 1. The van der Waals surface area contributed by atoms with Crippen LogP contribution in [0.5, 0.6) is 0 Å². The van der Waals surface area contributed by atoms with Crippen molar-refractivity contribution >= 4 is 23.5 Å². The van der Waals surface area contributed by atoms with Crippen molar-refractivity contribution in [2.45, 2.75) is 62.5 Å².